The molecular weight excluding hydrogens is 260 g/mol. The average molecular weight is 282 g/mol. The highest BCUT2D eigenvalue weighted by atomic mass is 16.5. The summed E-state index contributed by atoms with van der Waals surface area (Å²) in [6.45, 7) is 2.62. The molecule has 4 N–H and O–H groups in total. The summed E-state index contributed by atoms with van der Waals surface area (Å²) < 4.78 is 5.15. The molecule has 0 aromatic carbocycles. The zero-order valence-electron chi connectivity index (χ0n) is 11.7. The summed E-state index contributed by atoms with van der Waals surface area (Å²) in [6, 6.07) is -0.716. The van der Waals surface area contributed by atoms with E-state index in [-0.39, 0.29) is 18.9 Å². The van der Waals surface area contributed by atoms with Gasteiger partial charge in [0.1, 0.15) is 6.04 Å². The number of ether oxygens (including phenoxy) is 1. The standard InChI is InChI=1S/C13H22N4O3/c1-2-3-6-20-13(19)11(17-12(18)4-5-14)7-10-8-15-9-16-10/h8-9,11H,2-7,14H2,1H3,(H,15,16)(H,17,18). The first-order valence-corrected chi connectivity index (χ1v) is 6.80. The Morgan fingerprint density at radius 2 is 2.35 bits per heavy atom. The van der Waals surface area contributed by atoms with Gasteiger partial charge in [0.05, 0.1) is 12.9 Å². The molecule has 1 heterocycles. The summed E-state index contributed by atoms with van der Waals surface area (Å²) in [4.78, 5) is 30.4. The Morgan fingerprint density at radius 3 is 2.95 bits per heavy atom. The van der Waals surface area contributed by atoms with E-state index in [9.17, 15) is 9.59 Å². The largest absolute Gasteiger partial charge is 0.464 e. The predicted octanol–water partition coefficient (Wildman–Crippen LogP) is 0.129. The molecule has 112 valence electrons. The number of hydrogen-bond donors (Lipinski definition) is 3. The minimum absolute atomic E-state index is 0.182. The number of aromatic nitrogens is 2. The van der Waals surface area contributed by atoms with Crippen LogP contribution < -0.4 is 11.1 Å². The maximum absolute atomic E-state index is 12.0. The number of nitrogens with one attached hydrogen (secondary N) is 2. The number of rotatable bonds is 9. The molecule has 0 radical (unpaired) electrons. The lowest BCUT2D eigenvalue weighted by molar-refractivity contribution is -0.148. The minimum atomic E-state index is -0.716. The topological polar surface area (TPSA) is 110 Å². The molecule has 0 fully saturated rings. The summed E-state index contributed by atoms with van der Waals surface area (Å²) in [5.41, 5.74) is 6.08. The lowest BCUT2D eigenvalue weighted by Crippen LogP contribution is -2.44. The van der Waals surface area contributed by atoms with Gasteiger partial charge in [0.2, 0.25) is 5.91 Å². The van der Waals surface area contributed by atoms with Gasteiger partial charge in [-0.05, 0) is 6.42 Å². The van der Waals surface area contributed by atoms with Crippen LogP contribution in [-0.4, -0.2) is 41.0 Å². The highest BCUT2D eigenvalue weighted by Crippen LogP contribution is 2.02. The van der Waals surface area contributed by atoms with Crippen LogP contribution >= 0.6 is 0 Å². The molecule has 0 saturated heterocycles. The van der Waals surface area contributed by atoms with Crippen molar-refractivity contribution in [1.29, 1.82) is 0 Å². The van der Waals surface area contributed by atoms with Gasteiger partial charge in [-0.1, -0.05) is 13.3 Å². The van der Waals surface area contributed by atoms with Crippen molar-refractivity contribution in [3.63, 3.8) is 0 Å². The van der Waals surface area contributed by atoms with Crippen molar-refractivity contribution >= 4 is 11.9 Å². The van der Waals surface area contributed by atoms with Crippen molar-refractivity contribution in [1.82, 2.24) is 15.3 Å². The smallest absolute Gasteiger partial charge is 0.329 e. The van der Waals surface area contributed by atoms with Crippen molar-refractivity contribution in [2.75, 3.05) is 13.2 Å². The van der Waals surface area contributed by atoms with Crippen LogP contribution in [0.4, 0.5) is 0 Å². The Bertz CT molecular complexity index is 406. The first-order chi connectivity index (χ1) is 9.67. The second-order valence-electron chi connectivity index (χ2n) is 4.46. The van der Waals surface area contributed by atoms with Crippen LogP contribution in [0, 0.1) is 0 Å². The zero-order valence-corrected chi connectivity index (χ0v) is 11.7. The van der Waals surface area contributed by atoms with E-state index < -0.39 is 12.0 Å². The lowest BCUT2D eigenvalue weighted by atomic mass is 10.1. The van der Waals surface area contributed by atoms with Crippen molar-refractivity contribution in [2.45, 2.75) is 38.6 Å². The number of hydrogen-bond acceptors (Lipinski definition) is 5. The molecule has 1 atom stereocenters. The van der Waals surface area contributed by atoms with Crippen molar-refractivity contribution < 1.29 is 14.3 Å². The number of carbonyl (C=O) groups excluding carboxylic acids is 2. The molecule has 0 aliphatic rings. The summed E-state index contributed by atoms with van der Waals surface area (Å²) >= 11 is 0. The SMILES string of the molecule is CCCCOC(=O)C(Cc1cnc[nH]1)NC(=O)CCN. The molecule has 7 heteroatoms. The summed E-state index contributed by atoms with van der Waals surface area (Å²) in [5, 5.41) is 2.64. The molecule has 0 spiro atoms. The molecule has 1 aromatic heterocycles. The van der Waals surface area contributed by atoms with Gasteiger partial charge in [-0.15, -0.1) is 0 Å². The average Bonchev–Trinajstić information content (AvgIpc) is 2.91. The zero-order chi connectivity index (χ0) is 14.8. The second kappa shape index (κ2) is 9.08. The first-order valence-electron chi connectivity index (χ1n) is 6.80. The fourth-order valence-corrected chi connectivity index (χ4v) is 1.62. The number of H-pyrrole nitrogens is 1. The number of esters is 1. The van der Waals surface area contributed by atoms with Gasteiger partial charge < -0.3 is 20.8 Å². The van der Waals surface area contributed by atoms with Crippen LogP contribution in [0.5, 0.6) is 0 Å². The minimum Gasteiger partial charge on any atom is -0.464 e. The van der Waals surface area contributed by atoms with Gasteiger partial charge >= 0.3 is 5.97 Å². The number of amides is 1. The Morgan fingerprint density at radius 1 is 1.55 bits per heavy atom. The van der Waals surface area contributed by atoms with E-state index >= 15 is 0 Å². The molecule has 20 heavy (non-hydrogen) atoms. The first kappa shape index (κ1) is 16.2. The third-order valence-corrected chi connectivity index (χ3v) is 2.71. The molecule has 0 aliphatic carbocycles. The molecule has 0 bridgehead atoms. The van der Waals surface area contributed by atoms with Crippen LogP contribution in [0.3, 0.4) is 0 Å². The summed E-state index contributed by atoms with van der Waals surface area (Å²) in [6.07, 6.45) is 5.39. The van der Waals surface area contributed by atoms with E-state index in [1.807, 2.05) is 6.92 Å². The van der Waals surface area contributed by atoms with E-state index in [0.29, 0.717) is 13.0 Å². The van der Waals surface area contributed by atoms with E-state index in [2.05, 4.69) is 15.3 Å². The van der Waals surface area contributed by atoms with E-state index in [1.54, 1.807) is 6.20 Å². The molecular formula is C13H22N4O3. The Kier molecular flexibility index (Phi) is 7.34. The van der Waals surface area contributed by atoms with Crippen LogP contribution in [-0.2, 0) is 20.7 Å². The molecule has 1 aromatic rings. The van der Waals surface area contributed by atoms with E-state index in [0.717, 1.165) is 18.5 Å². The molecule has 0 aliphatic heterocycles. The van der Waals surface area contributed by atoms with Gasteiger partial charge in [-0.2, -0.15) is 0 Å². The fraction of sp³-hybridized carbons (Fsp3) is 0.615. The summed E-state index contributed by atoms with van der Waals surface area (Å²) in [5.74, 6) is -0.692. The van der Waals surface area contributed by atoms with Gasteiger partial charge in [0.15, 0.2) is 0 Å². The Hall–Kier alpha value is -1.89. The van der Waals surface area contributed by atoms with E-state index in [4.69, 9.17) is 10.5 Å². The predicted molar refractivity (Wildman–Crippen MR) is 73.8 cm³/mol. The maximum atomic E-state index is 12.0. The van der Waals surface area contributed by atoms with Gasteiger partial charge in [0.25, 0.3) is 0 Å². The quantitative estimate of drug-likeness (QED) is 0.440. The molecule has 1 amide bonds. The van der Waals surface area contributed by atoms with Crippen molar-refractivity contribution in [2.24, 2.45) is 5.73 Å². The maximum Gasteiger partial charge on any atom is 0.329 e. The number of aromatic amines is 1. The Balaban J connectivity index is 2.57. The van der Waals surface area contributed by atoms with Crippen LogP contribution in [0.25, 0.3) is 0 Å². The molecule has 0 saturated carbocycles. The van der Waals surface area contributed by atoms with Gasteiger partial charge in [-0.3, -0.25) is 4.79 Å². The Labute approximate surface area is 118 Å². The second-order valence-corrected chi connectivity index (χ2v) is 4.46. The van der Waals surface area contributed by atoms with Crippen LogP contribution in [0.1, 0.15) is 31.9 Å². The number of nitrogens with zero attached hydrogens (tertiary/aromatic N) is 1. The van der Waals surface area contributed by atoms with Crippen molar-refractivity contribution in [3.05, 3.63) is 18.2 Å². The van der Waals surface area contributed by atoms with Gasteiger partial charge in [0, 0.05) is 31.3 Å². The molecule has 7 nitrogen and oxygen atoms in total. The number of carbonyl (C=O) groups is 2. The van der Waals surface area contributed by atoms with E-state index in [1.165, 1.54) is 6.33 Å². The fourth-order valence-electron chi connectivity index (χ4n) is 1.62. The third kappa shape index (κ3) is 5.83. The number of nitrogens with two attached hydrogens (primary N) is 1. The summed E-state index contributed by atoms with van der Waals surface area (Å²) in [7, 11) is 0. The normalized spacial score (nSPS) is 11.9. The number of unbranched alkanes of at least 4 members (excludes halogenated alkanes) is 1. The van der Waals surface area contributed by atoms with Crippen LogP contribution in [0.15, 0.2) is 12.5 Å². The lowest BCUT2D eigenvalue weighted by Gasteiger charge is -2.17. The highest BCUT2D eigenvalue weighted by Gasteiger charge is 2.22. The van der Waals surface area contributed by atoms with Crippen molar-refractivity contribution in [3.8, 4) is 0 Å². The monoisotopic (exact) mass is 282 g/mol. The van der Waals surface area contributed by atoms with Crippen LogP contribution in [0.2, 0.25) is 0 Å². The number of imidazole rings is 1. The molecule has 1 rings (SSSR count). The third-order valence-electron chi connectivity index (χ3n) is 2.71. The molecule has 1 unspecified atom stereocenters. The highest BCUT2D eigenvalue weighted by molar-refractivity contribution is 5.84. The van der Waals surface area contributed by atoms with Gasteiger partial charge in [-0.25, -0.2) is 9.78 Å².